The number of likely N-dealkylation sites (N-methyl/N-ethyl adjacent to an activating group) is 1. The largest absolute Gasteiger partial charge is 0.399 e. The number of halogens is 1. The second-order valence-corrected chi connectivity index (χ2v) is 4.93. The lowest BCUT2D eigenvalue weighted by Crippen LogP contribution is -2.52. The lowest BCUT2D eigenvalue weighted by Gasteiger charge is -2.34. The van der Waals surface area contributed by atoms with Crippen LogP contribution >= 0.6 is 11.6 Å². The maximum atomic E-state index is 11.8. The number of ether oxygens (including phenoxy) is 1. The topological polar surface area (TPSA) is 67.6 Å². The number of morpholine rings is 1. The highest BCUT2D eigenvalue weighted by Crippen LogP contribution is 2.22. The SMILES string of the molecule is CNC(=O)C1COCCN1Cc1ccc(N)cc1Cl. The van der Waals surface area contributed by atoms with Crippen LogP contribution in [0.5, 0.6) is 0 Å². The van der Waals surface area contributed by atoms with Crippen molar-refractivity contribution >= 4 is 23.2 Å². The summed E-state index contributed by atoms with van der Waals surface area (Å²) in [5, 5.41) is 3.29. The zero-order chi connectivity index (χ0) is 13.8. The van der Waals surface area contributed by atoms with Gasteiger partial charge in [0.1, 0.15) is 6.04 Å². The number of hydrogen-bond acceptors (Lipinski definition) is 4. The third-order valence-electron chi connectivity index (χ3n) is 3.24. The van der Waals surface area contributed by atoms with Crippen LogP contribution in [0.3, 0.4) is 0 Å². The van der Waals surface area contributed by atoms with E-state index >= 15 is 0 Å². The van der Waals surface area contributed by atoms with Crippen LogP contribution in [0.2, 0.25) is 5.02 Å². The van der Waals surface area contributed by atoms with Gasteiger partial charge in [-0.05, 0) is 17.7 Å². The molecule has 1 unspecified atom stereocenters. The third-order valence-corrected chi connectivity index (χ3v) is 3.59. The Morgan fingerprint density at radius 3 is 3.11 bits per heavy atom. The Bertz CT molecular complexity index is 467. The molecule has 2 rings (SSSR count). The third kappa shape index (κ3) is 3.37. The average Bonchev–Trinajstić information content (AvgIpc) is 2.41. The highest BCUT2D eigenvalue weighted by Gasteiger charge is 2.28. The number of anilines is 1. The van der Waals surface area contributed by atoms with Gasteiger partial charge in [0.25, 0.3) is 0 Å². The van der Waals surface area contributed by atoms with E-state index in [9.17, 15) is 4.79 Å². The van der Waals surface area contributed by atoms with Crippen LogP contribution in [0, 0.1) is 0 Å². The van der Waals surface area contributed by atoms with Crippen molar-refractivity contribution in [2.45, 2.75) is 12.6 Å². The van der Waals surface area contributed by atoms with Crippen LogP contribution in [0.15, 0.2) is 18.2 Å². The van der Waals surface area contributed by atoms with Gasteiger partial charge in [0.2, 0.25) is 5.91 Å². The molecule has 0 radical (unpaired) electrons. The van der Waals surface area contributed by atoms with Crippen molar-refractivity contribution < 1.29 is 9.53 Å². The predicted molar refractivity (Wildman–Crippen MR) is 74.9 cm³/mol. The number of carbonyl (C=O) groups excluding carboxylic acids is 1. The van der Waals surface area contributed by atoms with E-state index in [1.54, 1.807) is 13.1 Å². The molecule has 6 heteroatoms. The summed E-state index contributed by atoms with van der Waals surface area (Å²) in [6.07, 6.45) is 0. The number of benzene rings is 1. The lowest BCUT2D eigenvalue weighted by atomic mass is 10.1. The first-order chi connectivity index (χ1) is 9.11. The second-order valence-electron chi connectivity index (χ2n) is 4.53. The van der Waals surface area contributed by atoms with Crippen LogP contribution in [0.4, 0.5) is 5.69 Å². The Labute approximate surface area is 117 Å². The van der Waals surface area contributed by atoms with Gasteiger partial charge < -0.3 is 15.8 Å². The van der Waals surface area contributed by atoms with Crippen LogP contribution < -0.4 is 11.1 Å². The van der Waals surface area contributed by atoms with Gasteiger partial charge in [-0.3, -0.25) is 9.69 Å². The highest BCUT2D eigenvalue weighted by molar-refractivity contribution is 6.31. The van der Waals surface area contributed by atoms with Crippen LogP contribution in [0.1, 0.15) is 5.56 Å². The molecule has 0 aromatic heterocycles. The second kappa shape index (κ2) is 6.23. The van der Waals surface area contributed by atoms with Gasteiger partial charge >= 0.3 is 0 Å². The van der Waals surface area contributed by atoms with Crippen molar-refractivity contribution in [2.75, 3.05) is 32.5 Å². The van der Waals surface area contributed by atoms with Crippen LogP contribution in [-0.4, -0.2) is 43.7 Å². The molecule has 104 valence electrons. The number of rotatable bonds is 3. The van der Waals surface area contributed by atoms with Gasteiger partial charge in [-0.15, -0.1) is 0 Å². The van der Waals surface area contributed by atoms with Gasteiger partial charge in [0, 0.05) is 30.8 Å². The number of nitrogens with two attached hydrogens (primary N) is 1. The Balaban J connectivity index is 2.13. The van der Waals surface area contributed by atoms with E-state index in [2.05, 4.69) is 10.2 Å². The molecular formula is C13H18ClN3O2. The average molecular weight is 284 g/mol. The zero-order valence-electron chi connectivity index (χ0n) is 10.9. The normalized spacial score (nSPS) is 20.2. The van der Waals surface area contributed by atoms with E-state index in [4.69, 9.17) is 22.1 Å². The molecule has 0 bridgehead atoms. The molecule has 1 saturated heterocycles. The molecule has 3 N–H and O–H groups in total. The van der Waals surface area contributed by atoms with E-state index in [1.165, 1.54) is 0 Å². The molecular weight excluding hydrogens is 266 g/mol. The van der Waals surface area contributed by atoms with Crippen molar-refractivity contribution in [1.82, 2.24) is 10.2 Å². The number of nitrogens with zero attached hydrogens (tertiary/aromatic N) is 1. The Kier molecular flexibility index (Phi) is 4.63. The van der Waals surface area contributed by atoms with E-state index < -0.39 is 0 Å². The number of carbonyl (C=O) groups is 1. The minimum Gasteiger partial charge on any atom is -0.399 e. The van der Waals surface area contributed by atoms with E-state index in [0.717, 1.165) is 5.56 Å². The monoisotopic (exact) mass is 283 g/mol. The molecule has 1 aromatic rings. The Morgan fingerprint density at radius 1 is 1.63 bits per heavy atom. The smallest absolute Gasteiger partial charge is 0.239 e. The summed E-state index contributed by atoms with van der Waals surface area (Å²) in [6.45, 7) is 2.35. The molecule has 1 heterocycles. The van der Waals surface area contributed by atoms with E-state index in [0.29, 0.717) is 37.0 Å². The van der Waals surface area contributed by atoms with Gasteiger partial charge in [0.05, 0.1) is 13.2 Å². The summed E-state index contributed by atoms with van der Waals surface area (Å²) in [5.74, 6) is -0.0359. The summed E-state index contributed by atoms with van der Waals surface area (Å²) in [7, 11) is 1.63. The van der Waals surface area contributed by atoms with Gasteiger partial charge in [0.15, 0.2) is 0 Å². The van der Waals surface area contributed by atoms with Crippen molar-refractivity contribution in [3.63, 3.8) is 0 Å². The Morgan fingerprint density at radius 2 is 2.42 bits per heavy atom. The van der Waals surface area contributed by atoms with Crippen LogP contribution in [-0.2, 0) is 16.1 Å². The summed E-state index contributed by atoms with van der Waals surface area (Å²) < 4.78 is 5.37. The summed E-state index contributed by atoms with van der Waals surface area (Å²) in [6, 6.07) is 5.17. The molecule has 5 nitrogen and oxygen atoms in total. The zero-order valence-corrected chi connectivity index (χ0v) is 11.6. The van der Waals surface area contributed by atoms with Crippen molar-refractivity contribution in [3.05, 3.63) is 28.8 Å². The molecule has 0 aliphatic carbocycles. The molecule has 1 aromatic carbocycles. The van der Waals surface area contributed by atoms with Gasteiger partial charge in [-0.1, -0.05) is 17.7 Å². The molecule has 1 amide bonds. The molecule has 0 spiro atoms. The fourth-order valence-electron chi connectivity index (χ4n) is 2.15. The summed E-state index contributed by atoms with van der Waals surface area (Å²) in [4.78, 5) is 13.9. The minimum absolute atomic E-state index is 0.0359. The number of amides is 1. The minimum atomic E-state index is -0.271. The number of hydrogen-bond donors (Lipinski definition) is 2. The van der Waals surface area contributed by atoms with E-state index in [1.807, 2.05) is 12.1 Å². The molecule has 0 saturated carbocycles. The number of nitrogen functional groups attached to an aromatic ring is 1. The van der Waals surface area contributed by atoms with E-state index in [-0.39, 0.29) is 11.9 Å². The molecule has 1 aliphatic rings. The number of nitrogens with one attached hydrogen (secondary N) is 1. The molecule has 1 aliphatic heterocycles. The molecule has 1 atom stereocenters. The van der Waals surface area contributed by atoms with Gasteiger partial charge in [-0.2, -0.15) is 0 Å². The standard InChI is InChI=1S/C13H18ClN3O2/c1-16-13(18)12-8-19-5-4-17(12)7-9-2-3-10(15)6-11(9)14/h2-3,6,12H,4-5,7-8,15H2,1H3,(H,16,18). The van der Waals surface area contributed by atoms with Gasteiger partial charge in [-0.25, -0.2) is 0 Å². The van der Waals surface area contributed by atoms with Crippen LogP contribution in [0.25, 0.3) is 0 Å². The Hall–Kier alpha value is -1.30. The predicted octanol–water partition coefficient (Wildman–Crippen LogP) is 0.869. The molecule has 19 heavy (non-hydrogen) atoms. The van der Waals surface area contributed by atoms with Crippen molar-refractivity contribution in [3.8, 4) is 0 Å². The first kappa shape index (κ1) is 14.1. The fourth-order valence-corrected chi connectivity index (χ4v) is 2.39. The first-order valence-corrected chi connectivity index (χ1v) is 6.57. The lowest BCUT2D eigenvalue weighted by molar-refractivity contribution is -0.132. The van der Waals surface area contributed by atoms with Crippen molar-refractivity contribution in [2.24, 2.45) is 0 Å². The maximum Gasteiger partial charge on any atom is 0.239 e. The summed E-state index contributed by atoms with van der Waals surface area (Å²) in [5.41, 5.74) is 7.28. The molecule has 1 fully saturated rings. The first-order valence-electron chi connectivity index (χ1n) is 6.19. The highest BCUT2D eigenvalue weighted by atomic mass is 35.5. The quantitative estimate of drug-likeness (QED) is 0.808. The summed E-state index contributed by atoms with van der Waals surface area (Å²) >= 11 is 6.17. The maximum absolute atomic E-state index is 11.8. The van der Waals surface area contributed by atoms with Crippen molar-refractivity contribution in [1.29, 1.82) is 0 Å². The fraction of sp³-hybridized carbons (Fsp3) is 0.462.